The van der Waals surface area contributed by atoms with Crippen molar-refractivity contribution in [2.75, 3.05) is 38.2 Å². The fourth-order valence-corrected chi connectivity index (χ4v) is 3.30. The smallest absolute Gasteiger partial charge is 0.321 e. The minimum atomic E-state index is -0.533. The third-order valence-corrected chi connectivity index (χ3v) is 4.64. The number of nitriles is 1. The average Bonchev–Trinajstić information content (AvgIpc) is 2.68. The molecule has 0 unspecified atom stereocenters. The van der Waals surface area contributed by atoms with E-state index in [4.69, 9.17) is 4.74 Å². The van der Waals surface area contributed by atoms with Crippen LogP contribution < -0.4 is 5.32 Å². The van der Waals surface area contributed by atoms with E-state index in [9.17, 15) is 14.9 Å². The molecule has 3 amide bonds. The highest BCUT2D eigenvalue weighted by Gasteiger charge is 2.35. The number of carbonyl (C=O) groups is 2. The van der Waals surface area contributed by atoms with Gasteiger partial charge in [0.25, 0.3) is 0 Å². The van der Waals surface area contributed by atoms with Crippen molar-refractivity contribution >= 4 is 17.6 Å². The summed E-state index contributed by atoms with van der Waals surface area (Å²) in [6, 6.07) is 10.7. The molecule has 2 atom stereocenters. The number of carbonyl (C=O) groups excluding carboxylic acids is 2. The zero-order valence-corrected chi connectivity index (χ0v) is 14.1. The van der Waals surface area contributed by atoms with Crippen molar-refractivity contribution in [1.29, 1.82) is 5.26 Å². The summed E-state index contributed by atoms with van der Waals surface area (Å²) in [5.41, 5.74) is 0.735. The molecule has 2 aliphatic rings. The lowest BCUT2D eigenvalue weighted by atomic mass is 9.96. The number of amides is 3. The number of piperidine rings is 1. The quantitative estimate of drug-likeness (QED) is 0.886. The van der Waals surface area contributed by atoms with Crippen LogP contribution in [0.3, 0.4) is 0 Å². The highest BCUT2D eigenvalue weighted by Crippen LogP contribution is 2.22. The van der Waals surface area contributed by atoms with Gasteiger partial charge in [0.2, 0.25) is 5.91 Å². The van der Waals surface area contributed by atoms with Crippen LogP contribution in [0.15, 0.2) is 30.3 Å². The van der Waals surface area contributed by atoms with Crippen LogP contribution in [0.2, 0.25) is 0 Å². The van der Waals surface area contributed by atoms with Crippen molar-refractivity contribution in [3.05, 3.63) is 30.3 Å². The van der Waals surface area contributed by atoms with Crippen LogP contribution in [0.1, 0.15) is 12.8 Å². The van der Waals surface area contributed by atoms with E-state index in [1.807, 2.05) is 30.3 Å². The molecule has 7 heteroatoms. The standard InChI is InChI=1S/C18H22N4O3/c19-11-16-13-25-10-9-22(16)17(23)14-5-4-8-21(12-14)18(24)20-15-6-2-1-3-7-15/h1-3,6-7,14,16H,4-5,8-10,12-13H2,(H,20,24)/t14-,16+/m1/s1. The summed E-state index contributed by atoms with van der Waals surface area (Å²) in [5, 5.41) is 12.1. The molecule has 1 aromatic rings. The molecule has 2 aliphatic heterocycles. The molecule has 0 saturated carbocycles. The molecule has 3 rings (SSSR count). The number of hydrogen-bond acceptors (Lipinski definition) is 4. The van der Waals surface area contributed by atoms with Crippen LogP contribution >= 0.6 is 0 Å². The van der Waals surface area contributed by atoms with E-state index < -0.39 is 6.04 Å². The molecule has 7 nitrogen and oxygen atoms in total. The first-order valence-electron chi connectivity index (χ1n) is 8.58. The molecule has 0 radical (unpaired) electrons. The van der Waals surface area contributed by atoms with Crippen molar-refractivity contribution in [3.8, 4) is 6.07 Å². The number of nitrogens with one attached hydrogen (secondary N) is 1. The summed E-state index contributed by atoms with van der Waals surface area (Å²) < 4.78 is 5.28. The van der Waals surface area contributed by atoms with Crippen LogP contribution in [-0.4, -0.2) is 60.6 Å². The van der Waals surface area contributed by atoms with Crippen LogP contribution in [0.25, 0.3) is 0 Å². The second-order valence-electron chi connectivity index (χ2n) is 6.33. The highest BCUT2D eigenvalue weighted by molar-refractivity contribution is 5.90. The van der Waals surface area contributed by atoms with Gasteiger partial charge in [0.15, 0.2) is 0 Å². The molecule has 0 aliphatic carbocycles. The van der Waals surface area contributed by atoms with Gasteiger partial charge in [-0.3, -0.25) is 4.79 Å². The van der Waals surface area contributed by atoms with E-state index in [-0.39, 0.29) is 24.5 Å². The van der Waals surface area contributed by atoms with Crippen molar-refractivity contribution < 1.29 is 14.3 Å². The summed E-state index contributed by atoms with van der Waals surface area (Å²) >= 11 is 0. The van der Waals surface area contributed by atoms with Gasteiger partial charge in [-0.05, 0) is 25.0 Å². The minimum absolute atomic E-state index is 0.0490. The Morgan fingerprint density at radius 2 is 2.04 bits per heavy atom. The lowest BCUT2D eigenvalue weighted by Gasteiger charge is -2.37. The van der Waals surface area contributed by atoms with Gasteiger partial charge in [-0.15, -0.1) is 0 Å². The van der Waals surface area contributed by atoms with E-state index in [2.05, 4.69) is 11.4 Å². The number of rotatable bonds is 2. The Balaban J connectivity index is 1.61. The van der Waals surface area contributed by atoms with Gasteiger partial charge in [-0.25, -0.2) is 4.79 Å². The fourth-order valence-electron chi connectivity index (χ4n) is 3.30. The summed E-state index contributed by atoms with van der Waals surface area (Å²) in [4.78, 5) is 28.5. The molecular weight excluding hydrogens is 320 g/mol. The van der Waals surface area contributed by atoms with Gasteiger partial charge >= 0.3 is 6.03 Å². The molecule has 2 saturated heterocycles. The first-order chi connectivity index (χ1) is 12.2. The van der Waals surface area contributed by atoms with Gasteiger partial charge in [0.1, 0.15) is 6.04 Å². The topological polar surface area (TPSA) is 85.7 Å². The highest BCUT2D eigenvalue weighted by atomic mass is 16.5. The van der Waals surface area contributed by atoms with Crippen molar-refractivity contribution in [2.45, 2.75) is 18.9 Å². The Morgan fingerprint density at radius 1 is 1.24 bits per heavy atom. The number of para-hydroxylation sites is 1. The Hall–Kier alpha value is -2.59. The number of likely N-dealkylation sites (tertiary alicyclic amines) is 1. The second-order valence-corrected chi connectivity index (χ2v) is 6.33. The number of hydrogen-bond donors (Lipinski definition) is 1. The fraction of sp³-hybridized carbons (Fsp3) is 0.500. The molecule has 1 N–H and O–H groups in total. The normalized spacial score (nSPS) is 23.6. The first kappa shape index (κ1) is 17.2. The van der Waals surface area contributed by atoms with Gasteiger partial charge < -0.3 is 19.9 Å². The summed E-state index contributed by atoms with van der Waals surface area (Å²) in [6.45, 7) is 2.16. The number of nitrogens with zero attached hydrogens (tertiary/aromatic N) is 3. The number of urea groups is 1. The van der Waals surface area contributed by atoms with Gasteiger partial charge in [-0.1, -0.05) is 18.2 Å². The number of morpholine rings is 1. The van der Waals surface area contributed by atoms with Crippen LogP contribution in [0.5, 0.6) is 0 Å². The molecule has 132 valence electrons. The Labute approximate surface area is 147 Å². The number of ether oxygens (including phenoxy) is 1. The van der Waals surface area contributed by atoms with Gasteiger partial charge in [-0.2, -0.15) is 5.26 Å². The first-order valence-corrected chi connectivity index (χ1v) is 8.58. The second kappa shape index (κ2) is 7.99. The minimum Gasteiger partial charge on any atom is -0.376 e. The molecule has 0 aromatic heterocycles. The van der Waals surface area contributed by atoms with E-state index in [0.717, 1.165) is 18.5 Å². The van der Waals surface area contributed by atoms with E-state index in [1.165, 1.54) is 0 Å². The van der Waals surface area contributed by atoms with Crippen molar-refractivity contribution in [1.82, 2.24) is 9.80 Å². The SMILES string of the molecule is N#C[C@H]1COCCN1C(=O)[C@@H]1CCCN(C(=O)Nc2ccccc2)C1. The zero-order valence-electron chi connectivity index (χ0n) is 14.1. The van der Waals surface area contributed by atoms with E-state index in [0.29, 0.717) is 26.2 Å². The van der Waals surface area contributed by atoms with Gasteiger partial charge in [0, 0.05) is 25.3 Å². The Kier molecular flexibility index (Phi) is 5.51. The Morgan fingerprint density at radius 3 is 2.80 bits per heavy atom. The largest absolute Gasteiger partial charge is 0.376 e. The van der Waals surface area contributed by atoms with Crippen molar-refractivity contribution in [3.63, 3.8) is 0 Å². The molecule has 1 aromatic carbocycles. The Bertz CT molecular complexity index is 658. The van der Waals surface area contributed by atoms with Crippen LogP contribution in [-0.2, 0) is 9.53 Å². The third kappa shape index (κ3) is 4.09. The lowest BCUT2D eigenvalue weighted by Crippen LogP contribution is -2.53. The molecule has 2 fully saturated rings. The van der Waals surface area contributed by atoms with Crippen molar-refractivity contribution in [2.24, 2.45) is 5.92 Å². The summed E-state index contributed by atoms with van der Waals surface area (Å²) in [5.74, 6) is -0.309. The molecular formula is C18H22N4O3. The molecule has 2 heterocycles. The maximum Gasteiger partial charge on any atom is 0.321 e. The monoisotopic (exact) mass is 342 g/mol. The summed E-state index contributed by atoms with van der Waals surface area (Å²) in [7, 11) is 0. The van der Waals surface area contributed by atoms with E-state index in [1.54, 1.807) is 9.80 Å². The van der Waals surface area contributed by atoms with Gasteiger partial charge in [0.05, 0.1) is 25.2 Å². The molecule has 25 heavy (non-hydrogen) atoms. The maximum absolute atomic E-state index is 12.8. The average molecular weight is 342 g/mol. The van der Waals surface area contributed by atoms with E-state index >= 15 is 0 Å². The number of anilines is 1. The van der Waals surface area contributed by atoms with Crippen LogP contribution in [0.4, 0.5) is 10.5 Å². The third-order valence-electron chi connectivity index (χ3n) is 4.64. The predicted octanol–water partition coefficient (Wildman–Crippen LogP) is 1.68. The maximum atomic E-state index is 12.8. The van der Waals surface area contributed by atoms with Crippen LogP contribution in [0, 0.1) is 17.2 Å². The summed E-state index contributed by atoms with van der Waals surface area (Å²) in [6.07, 6.45) is 1.52. The molecule has 0 bridgehead atoms. The number of benzene rings is 1. The molecule has 0 spiro atoms. The zero-order chi connectivity index (χ0) is 17.6. The predicted molar refractivity (Wildman–Crippen MR) is 91.7 cm³/mol. The lowest BCUT2D eigenvalue weighted by molar-refractivity contribution is -0.143.